The summed E-state index contributed by atoms with van der Waals surface area (Å²) in [5.74, 6) is 0. The van der Waals surface area contributed by atoms with Crippen LogP contribution < -0.4 is 4.89 Å². The number of allylic oxidation sites excluding steroid dienone is 3. The lowest BCUT2D eigenvalue weighted by molar-refractivity contribution is -0.167. The molecule has 1 aliphatic rings. The first-order valence-corrected chi connectivity index (χ1v) is 5.33. The van der Waals surface area contributed by atoms with Crippen molar-refractivity contribution in [2.24, 2.45) is 0 Å². The van der Waals surface area contributed by atoms with Gasteiger partial charge in [0.25, 0.3) is 0 Å². The third kappa shape index (κ3) is 2.26. The molecule has 13 heavy (non-hydrogen) atoms. The molecule has 0 aromatic rings. The predicted molar refractivity (Wildman–Crippen MR) is 54.5 cm³/mol. The normalized spacial score (nSPS) is 22.2. The molecule has 1 N–H and O–H groups in total. The molecule has 0 radical (unpaired) electrons. The standard InChI is InChI=1S/C9H14NO2P/c1-7(10(2)3)8-5-4-6-9(8)13(11)12/h4-7H,1-3H3,(H,11,12). The van der Waals surface area contributed by atoms with Gasteiger partial charge in [-0.15, -0.1) is 0 Å². The summed E-state index contributed by atoms with van der Waals surface area (Å²) in [5.41, 5.74) is 0.939. The molecule has 0 aromatic heterocycles. The minimum atomic E-state index is -2.21. The van der Waals surface area contributed by atoms with Crippen LogP contribution in [-0.2, 0) is 0 Å². The van der Waals surface area contributed by atoms with Gasteiger partial charge in [-0.2, -0.15) is 4.89 Å². The van der Waals surface area contributed by atoms with Gasteiger partial charge in [-0.05, 0) is 27.1 Å². The van der Waals surface area contributed by atoms with Crippen molar-refractivity contribution in [3.63, 3.8) is 0 Å². The molecule has 0 amide bonds. The summed E-state index contributed by atoms with van der Waals surface area (Å²) < 4.78 is 0. The second kappa shape index (κ2) is 4.16. The summed E-state index contributed by atoms with van der Waals surface area (Å²) in [7, 11) is 1.69. The largest absolute Gasteiger partial charge is 0.603 e. The van der Waals surface area contributed by atoms with E-state index in [1.165, 1.54) is 0 Å². The predicted octanol–water partition coefficient (Wildman–Crippen LogP) is 0.270. The first kappa shape index (κ1) is 10.6. The van der Waals surface area contributed by atoms with E-state index in [4.69, 9.17) is 4.89 Å². The molecule has 1 aliphatic carbocycles. The van der Waals surface area contributed by atoms with E-state index in [2.05, 4.69) is 0 Å². The lowest BCUT2D eigenvalue weighted by atomic mass is 10.1. The number of hydrogen-bond donors (Lipinski definition) is 1. The zero-order valence-corrected chi connectivity index (χ0v) is 8.95. The van der Waals surface area contributed by atoms with Gasteiger partial charge in [-0.3, -0.25) is 0 Å². The number of rotatable bonds is 2. The van der Waals surface area contributed by atoms with E-state index in [-0.39, 0.29) is 6.04 Å². The van der Waals surface area contributed by atoms with Gasteiger partial charge in [0.2, 0.25) is 8.00 Å². The number of nitrogens with zero attached hydrogens (tertiary/aromatic N) is 1. The van der Waals surface area contributed by atoms with Crippen LogP contribution in [0.5, 0.6) is 0 Å². The summed E-state index contributed by atoms with van der Waals surface area (Å²) in [5, 5.41) is 0.552. The molecular weight excluding hydrogens is 185 g/mol. The molecular formula is C9H14NO2P. The molecule has 2 atom stereocenters. The topological polar surface area (TPSA) is 46.5 Å². The van der Waals surface area contributed by atoms with Gasteiger partial charge in [-0.25, -0.2) is 0 Å². The SMILES string of the molecule is CC(C1=CC=CC1=[P+]([O-])O)N(C)C. The third-order valence-corrected chi connectivity index (χ3v) is 3.08. The fraction of sp³-hybridized carbons (Fsp3) is 0.444. The lowest BCUT2D eigenvalue weighted by Crippen LogP contribution is -2.29. The van der Waals surface area contributed by atoms with Crippen molar-refractivity contribution in [1.29, 1.82) is 0 Å². The van der Waals surface area contributed by atoms with E-state index < -0.39 is 8.00 Å². The molecule has 0 aliphatic heterocycles. The summed E-state index contributed by atoms with van der Waals surface area (Å²) in [6, 6.07) is 0.177. The Balaban J connectivity index is 2.91. The minimum absolute atomic E-state index is 0.177. The van der Waals surface area contributed by atoms with Gasteiger partial charge in [0.05, 0.1) is 0 Å². The summed E-state index contributed by atoms with van der Waals surface area (Å²) in [6.07, 6.45) is 5.41. The quantitative estimate of drug-likeness (QED) is 0.649. The van der Waals surface area contributed by atoms with Gasteiger partial charge in [0.1, 0.15) is 0 Å². The van der Waals surface area contributed by atoms with Crippen molar-refractivity contribution in [3.05, 3.63) is 23.8 Å². The summed E-state index contributed by atoms with van der Waals surface area (Å²) >= 11 is 0. The maximum atomic E-state index is 10.9. The summed E-state index contributed by atoms with van der Waals surface area (Å²) in [4.78, 5) is 22.0. The molecule has 3 nitrogen and oxygen atoms in total. The van der Waals surface area contributed by atoms with Gasteiger partial charge in [-0.1, -0.05) is 12.2 Å². The zero-order valence-electron chi connectivity index (χ0n) is 8.06. The molecule has 0 bridgehead atoms. The van der Waals surface area contributed by atoms with Gasteiger partial charge >= 0.3 is 0 Å². The van der Waals surface area contributed by atoms with Crippen LogP contribution in [0.15, 0.2) is 23.8 Å². The first-order chi connectivity index (χ1) is 6.04. The van der Waals surface area contributed by atoms with Gasteiger partial charge < -0.3 is 9.79 Å². The van der Waals surface area contributed by atoms with E-state index >= 15 is 0 Å². The zero-order chi connectivity index (χ0) is 10.0. The van der Waals surface area contributed by atoms with Crippen LogP contribution in [0, 0.1) is 0 Å². The molecule has 0 spiro atoms. The molecule has 0 saturated heterocycles. The Morgan fingerprint density at radius 3 is 2.62 bits per heavy atom. The molecule has 4 heteroatoms. The highest BCUT2D eigenvalue weighted by atomic mass is 31.1. The van der Waals surface area contributed by atoms with Gasteiger partial charge in [0, 0.05) is 11.6 Å². The average Bonchev–Trinajstić information content (AvgIpc) is 2.50. The van der Waals surface area contributed by atoms with Crippen molar-refractivity contribution in [3.8, 4) is 0 Å². The van der Waals surface area contributed by atoms with Crippen LogP contribution in [-0.4, -0.2) is 35.2 Å². The Kier molecular flexibility index (Phi) is 3.40. The molecule has 0 heterocycles. The van der Waals surface area contributed by atoms with Crippen LogP contribution in [0.3, 0.4) is 0 Å². The Bertz CT molecular complexity index is 288. The molecule has 0 aromatic carbocycles. The van der Waals surface area contributed by atoms with E-state index in [1.807, 2.05) is 38.1 Å². The van der Waals surface area contributed by atoms with E-state index in [9.17, 15) is 4.89 Å². The maximum Gasteiger partial charge on any atom is 0.225 e. The first-order valence-electron chi connectivity index (χ1n) is 4.12. The number of hydrogen-bond acceptors (Lipinski definition) is 3. The second-order valence-electron chi connectivity index (χ2n) is 3.28. The Morgan fingerprint density at radius 1 is 1.54 bits per heavy atom. The highest BCUT2D eigenvalue weighted by molar-refractivity contribution is 7.47. The van der Waals surface area contributed by atoms with Crippen molar-refractivity contribution >= 4 is 13.3 Å². The second-order valence-corrected chi connectivity index (χ2v) is 4.31. The smallest absolute Gasteiger partial charge is 0.225 e. The van der Waals surface area contributed by atoms with Crippen LogP contribution in [0.2, 0.25) is 0 Å². The average molecular weight is 199 g/mol. The van der Waals surface area contributed by atoms with Crippen LogP contribution in [0.1, 0.15) is 6.92 Å². The maximum absolute atomic E-state index is 10.9. The van der Waals surface area contributed by atoms with Crippen molar-refractivity contribution in [1.82, 2.24) is 4.90 Å². The Labute approximate surface area is 79.6 Å². The Hall–Kier alpha value is -0.470. The van der Waals surface area contributed by atoms with Crippen molar-refractivity contribution in [2.75, 3.05) is 14.1 Å². The highest BCUT2D eigenvalue weighted by Gasteiger charge is 2.22. The van der Waals surface area contributed by atoms with Crippen molar-refractivity contribution in [2.45, 2.75) is 13.0 Å². The van der Waals surface area contributed by atoms with Crippen LogP contribution >= 0.6 is 8.00 Å². The fourth-order valence-corrected chi connectivity index (χ4v) is 1.93. The molecule has 72 valence electrons. The Morgan fingerprint density at radius 2 is 2.15 bits per heavy atom. The molecule has 1 rings (SSSR count). The highest BCUT2D eigenvalue weighted by Crippen LogP contribution is 2.23. The monoisotopic (exact) mass is 199 g/mol. The molecule has 0 saturated carbocycles. The van der Waals surface area contributed by atoms with E-state index in [0.29, 0.717) is 5.29 Å². The van der Waals surface area contributed by atoms with E-state index in [1.54, 1.807) is 6.08 Å². The minimum Gasteiger partial charge on any atom is -0.603 e. The van der Waals surface area contributed by atoms with Crippen molar-refractivity contribution < 1.29 is 9.79 Å². The van der Waals surface area contributed by atoms with Crippen LogP contribution in [0.4, 0.5) is 0 Å². The summed E-state index contributed by atoms with van der Waals surface area (Å²) in [6.45, 7) is 2.01. The van der Waals surface area contributed by atoms with E-state index in [0.717, 1.165) is 5.57 Å². The van der Waals surface area contributed by atoms with Crippen LogP contribution in [0.25, 0.3) is 0 Å². The molecule has 2 unspecified atom stereocenters. The lowest BCUT2D eigenvalue weighted by Gasteiger charge is -2.20. The molecule has 0 fully saturated rings. The third-order valence-electron chi connectivity index (χ3n) is 2.26. The fourth-order valence-electron chi connectivity index (χ4n) is 1.23. The van der Waals surface area contributed by atoms with Gasteiger partial charge in [0.15, 0.2) is 5.29 Å². The number of likely N-dealkylation sites (N-methyl/N-ethyl adjacent to an activating group) is 1.